The summed E-state index contributed by atoms with van der Waals surface area (Å²) in [6.07, 6.45) is 5.84. The molecule has 0 spiro atoms. The van der Waals surface area contributed by atoms with Crippen molar-refractivity contribution < 1.29 is 4.79 Å². The highest BCUT2D eigenvalue weighted by Gasteiger charge is 2.31. The first-order valence-electron chi connectivity index (χ1n) is 9.33. The number of amides is 1. The molecule has 1 atom stereocenters. The molecule has 2 aromatic carbocycles. The number of carbonyl (C=O) groups is 1. The Morgan fingerprint density at radius 2 is 1.78 bits per heavy atom. The van der Waals surface area contributed by atoms with Crippen LogP contribution in [0.5, 0.6) is 0 Å². The quantitative estimate of drug-likeness (QED) is 0.683. The molecule has 1 fully saturated rings. The van der Waals surface area contributed by atoms with E-state index in [4.69, 9.17) is 5.73 Å². The molecule has 2 heterocycles. The number of hydrogen-bond acceptors (Lipinski definition) is 3. The van der Waals surface area contributed by atoms with E-state index in [2.05, 4.69) is 10.2 Å². The Labute approximate surface area is 159 Å². The number of para-hydroxylation sites is 3. The number of nitrogens with zero attached hydrogens (tertiary/aromatic N) is 2. The molecule has 1 aromatic heterocycles. The van der Waals surface area contributed by atoms with E-state index in [0.717, 1.165) is 42.0 Å². The van der Waals surface area contributed by atoms with Crippen molar-refractivity contribution in [1.29, 1.82) is 0 Å². The fourth-order valence-corrected chi connectivity index (χ4v) is 3.72. The molecule has 27 heavy (non-hydrogen) atoms. The van der Waals surface area contributed by atoms with Gasteiger partial charge in [0.05, 0.1) is 17.4 Å². The molecule has 138 valence electrons. The third-order valence-corrected chi connectivity index (χ3v) is 5.14. The lowest BCUT2D eigenvalue weighted by Gasteiger charge is -2.25. The van der Waals surface area contributed by atoms with E-state index in [0.29, 0.717) is 6.54 Å². The van der Waals surface area contributed by atoms with E-state index in [1.165, 1.54) is 0 Å². The van der Waals surface area contributed by atoms with Gasteiger partial charge in [-0.3, -0.25) is 9.69 Å². The first-order valence-corrected chi connectivity index (χ1v) is 9.33. The molecule has 1 aliphatic rings. The van der Waals surface area contributed by atoms with Gasteiger partial charge in [0, 0.05) is 24.6 Å². The Bertz CT molecular complexity index is 920. The SMILES string of the molecule is Nc1ccccc1CN1CCC[C@H]1C(=O)Nc1ccccc1-n1cccc1. The van der Waals surface area contributed by atoms with Crippen molar-refractivity contribution in [3.8, 4) is 5.69 Å². The van der Waals surface area contributed by atoms with Gasteiger partial charge in [0.25, 0.3) is 0 Å². The zero-order valence-electron chi connectivity index (χ0n) is 15.2. The second-order valence-electron chi connectivity index (χ2n) is 6.92. The van der Waals surface area contributed by atoms with Gasteiger partial charge in [-0.1, -0.05) is 30.3 Å². The predicted octanol–water partition coefficient (Wildman–Crippen LogP) is 3.66. The second-order valence-corrected chi connectivity index (χ2v) is 6.92. The van der Waals surface area contributed by atoms with Gasteiger partial charge in [-0.2, -0.15) is 0 Å². The van der Waals surface area contributed by atoms with E-state index in [1.54, 1.807) is 0 Å². The smallest absolute Gasteiger partial charge is 0.241 e. The summed E-state index contributed by atoms with van der Waals surface area (Å²) in [7, 11) is 0. The molecule has 5 heteroatoms. The van der Waals surface area contributed by atoms with E-state index < -0.39 is 0 Å². The molecule has 3 N–H and O–H groups in total. The van der Waals surface area contributed by atoms with Gasteiger partial charge in [-0.25, -0.2) is 0 Å². The van der Waals surface area contributed by atoms with Crippen molar-refractivity contribution in [2.45, 2.75) is 25.4 Å². The number of benzene rings is 2. The molecule has 5 nitrogen and oxygen atoms in total. The summed E-state index contributed by atoms with van der Waals surface area (Å²) < 4.78 is 2.01. The third-order valence-electron chi connectivity index (χ3n) is 5.14. The molecule has 0 aliphatic carbocycles. The summed E-state index contributed by atoms with van der Waals surface area (Å²) in [6, 6.07) is 19.6. The molecule has 0 bridgehead atoms. The Morgan fingerprint density at radius 1 is 1.04 bits per heavy atom. The summed E-state index contributed by atoms with van der Waals surface area (Å²) in [6.45, 7) is 1.61. The predicted molar refractivity (Wildman–Crippen MR) is 109 cm³/mol. The van der Waals surface area contributed by atoms with Crippen LogP contribution < -0.4 is 11.1 Å². The zero-order valence-corrected chi connectivity index (χ0v) is 15.2. The highest BCUT2D eigenvalue weighted by molar-refractivity contribution is 5.96. The molecule has 1 amide bonds. The standard InChI is InChI=1S/C22H24N4O/c23-18-9-2-1-8-17(18)16-26-15-7-12-21(26)22(27)24-19-10-3-4-11-20(19)25-13-5-6-14-25/h1-6,8-11,13-14,21H,7,12,15-16,23H2,(H,24,27)/t21-/m0/s1. The van der Waals surface area contributed by atoms with Crippen LogP contribution in [0.1, 0.15) is 18.4 Å². The molecular formula is C22H24N4O. The van der Waals surface area contributed by atoms with Crippen molar-refractivity contribution in [2.75, 3.05) is 17.6 Å². The van der Waals surface area contributed by atoms with Gasteiger partial charge in [-0.15, -0.1) is 0 Å². The minimum Gasteiger partial charge on any atom is -0.398 e. The maximum absolute atomic E-state index is 13.0. The lowest BCUT2D eigenvalue weighted by molar-refractivity contribution is -0.120. The number of hydrogen-bond donors (Lipinski definition) is 2. The molecular weight excluding hydrogens is 336 g/mol. The lowest BCUT2D eigenvalue weighted by atomic mass is 10.1. The summed E-state index contributed by atoms with van der Waals surface area (Å²) in [5.74, 6) is 0.0432. The Balaban J connectivity index is 1.51. The molecule has 1 aliphatic heterocycles. The van der Waals surface area contributed by atoms with Crippen LogP contribution in [-0.2, 0) is 11.3 Å². The van der Waals surface area contributed by atoms with Crippen LogP contribution in [0.25, 0.3) is 5.69 Å². The maximum Gasteiger partial charge on any atom is 0.241 e. The van der Waals surface area contributed by atoms with Crippen LogP contribution in [0.15, 0.2) is 73.1 Å². The number of carbonyl (C=O) groups excluding carboxylic acids is 1. The number of rotatable bonds is 5. The summed E-state index contributed by atoms with van der Waals surface area (Å²) >= 11 is 0. The van der Waals surface area contributed by atoms with Crippen molar-refractivity contribution >= 4 is 17.3 Å². The number of nitrogens with two attached hydrogens (primary N) is 1. The highest BCUT2D eigenvalue weighted by atomic mass is 16.2. The molecule has 3 aromatic rings. The number of anilines is 2. The van der Waals surface area contributed by atoms with Gasteiger partial charge in [0.15, 0.2) is 0 Å². The molecule has 0 unspecified atom stereocenters. The first kappa shape index (κ1) is 17.4. The average Bonchev–Trinajstić information content (AvgIpc) is 3.36. The normalized spacial score (nSPS) is 17.1. The number of nitrogen functional groups attached to an aromatic ring is 1. The largest absolute Gasteiger partial charge is 0.398 e. The first-order chi connectivity index (χ1) is 13.2. The zero-order chi connectivity index (χ0) is 18.6. The molecule has 0 saturated carbocycles. The fraction of sp³-hybridized carbons (Fsp3) is 0.227. The summed E-state index contributed by atoms with van der Waals surface area (Å²) in [5, 5.41) is 3.14. The number of likely N-dealkylation sites (tertiary alicyclic amines) is 1. The molecule has 1 saturated heterocycles. The highest BCUT2D eigenvalue weighted by Crippen LogP contribution is 2.25. The Hall–Kier alpha value is -3.05. The monoisotopic (exact) mass is 360 g/mol. The molecule has 4 rings (SSSR count). The van der Waals surface area contributed by atoms with Gasteiger partial charge >= 0.3 is 0 Å². The van der Waals surface area contributed by atoms with E-state index in [9.17, 15) is 4.79 Å². The van der Waals surface area contributed by atoms with Crippen LogP contribution >= 0.6 is 0 Å². The average molecular weight is 360 g/mol. The Morgan fingerprint density at radius 3 is 2.59 bits per heavy atom. The van der Waals surface area contributed by atoms with E-state index >= 15 is 0 Å². The Kier molecular flexibility index (Phi) is 4.94. The molecule has 0 radical (unpaired) electrons. The van der Waals surface area contributed by atoms with Crippen molar-refractivity contribution in [1.82, 2.24) is 9.47 Å². The minimum absolute atomic E-state index is 0.0432. The van der Waals surface area contributed by atoms with Crippen LogP contribution in [0.2, 0.25) is 0 Å². The van der Waals surface area contributed by atoms with Gasteiger partial charge in [0.2, 0.25) is 5.91 Å². The maximum atomic E-state index is 13.0. The third kappa shape index (κ3) is 3.73. The minimum atomic E-state index is -0.137. The number of aromatic nitrogens is 1. The topological polar surface area (TPSA) is 63.3 Å². The van der Waals surface area contributed by atoms with Gasteiger partial charge in [0.1, 0.15) is 0 Å². The van der Waals surface area contributed by atoms with Crippen LogP contribution in [0.4, 0.5) is 11.4 Å². The van der Waals surface area contributed by atoms with Gasteiger partial charge in [-0.05, 0) is 55.3 Å². The summed E-state index contributed by atoms with van der Waals surface area (Å²) in [4.78, 5) is 15.3. The van der Waals surface area contributed by atoms with Crippen LogP contribution in [0.3, 0.4) is 0 Å². The lowest BCUT2D eigenvalue weighted by Crippen LogP contribution is -2.39. The van der Waals surface area contributed by atoms with E-state index in [1.807, 2.05) is 77.6 Å². The van der Waals surface area contributed by atoms with Crippen LogP contribution in [-0.4, -0.2) is 28.0 Å². The number of nitrogens with one attached hydrogen (secondary N) is 1. The van der Waals surface area contributed by atoms with Crippen molar-refractivity contribution in [2.24, 2.45) is 0 Å². The summed E-state index contributed by atoms with van der Waals surface area (Å²) in [5.41, 5.74) is 9.73. The second kappa shape index (κ2) is 7.68. The van der Waals surface area contributed by atoms with Crippen LogP contribution in [0, 0.1) is 0 Å². The fourth-order valence-electron chi connectivity index (χ4n) is 3.72. The van der Waals surface area contributed by atoms with Crippen molar-refractivity contribution in [3.05, 3.63) is 78.6 Å². The van der Waals surface area contributed by atoms with E-state index in [-0.39, 0.29) is 11.9 Å². The van der Waals surface area contributed by atoms with Crippen molar-refractivity contribution in [3.63, 3.8) is 0 Å². The van der Waals surface area contributed by atoms with Gasteiger partial charge < -0.3 is 15.6 Å².